The fraction of sp³-hybridized carbons (Fsp3) is 0.714. The summed E-state index contributed by atoms with van der Waals surface area (Å²) < 4.78 is 1.19. The summed E-state index contributed by atoms with van der Waals surface area (Å²) in [6.45, 7) is 4.42. The number of hydrogen-bond acceptors (Lipinski definition) is 4. The van der Waals surface area contributed by atoms with Gasteiger partial charge in [-0.05, 0) is 68.5 Å². The second-order valence-corrected chi connectivity index (χ2v) is 8.24. The van der Waals surface area contributed by atoms with Crippen LogP contribution in [0.1, 0.15) is 30.7 Å². The smallest absolute Gasteiger partial charge is 0.0702 e. The Kier molecular flexibility index (Phi) is 5.43. The van der Waals surface area contributed by atoms with Gasteiger partial charge in [-0.15, -0.1) is 11.3 Å². The monoisotopic (exact) mass is 345 g/mol. The van der Waals surface area contributed by atoms with E-state index in [1.807, 2.05) is 11.3 Å². The van der Waals surface area contributed by atoms with Crippen molar-refractivity contribution in [3.05, 3.63) is 20.8 Å². The van der Waals surface area contributed by atoms with Crippen molar-refractivity contribution in [3.63, 3.8) is 0 Å². The Balaban J connectivity index is 2.18. The molecule has 0 aromatic carbocycles. The summed E-state index contributed by atoms with van der Waals surface area (Å²) in [6.07, 6.45) is 2.57. The molecule has 108 valence electrons. The van der Waals surface area contributed by atoms with Crippen molar-refractivity contribution in [2.45, 2.75) is 37.9 Å². The van der Waals surface area contributed by atoms with Crippen molar-refractivity contribution in [2.24, 2.45) is 5.73 Å². The highest BCUT2D eigenvalue weighted by molar-refractivity contribution is 9.11. The van der Waals surface area contributed by atoms with E-state index in [1.54, 1.807) is 0 Å². The standard InChI is InChI=1S/C14H24BrN3S/c1-10(16)14(12-6-7-13(15)19-12)18-8-4-5-11(18)9-17(2)3/h6-7,10-11,14H,4-5,8-9,16H2,1-3H3. The molecule has 0 amide bonds. The molecule has 2 rings (SSSR count). The Bertz CT molecular complexity index is 405. The van der Waals surface area contributed by atoms with Gasteiger partial charge in [-0.25, -0.2) is 0 Å². The van der Waals surface area contributed by atoms with Gasteiger partial charge in [-0.3, -0.25) is 4.90 Å². The fourth-order valence-electron chi connectivity index (χ4n) is 3.05. The molecular formula is C14H24BrN3S. The largest absolute Gasteiger partial charge is 0.326 e. The lowest BCUT2D eigenvalue weighted by atomic mass is 10.1. The number of thiophene rings is 1. The van der Waals surface area contributed by atoms with Gasteiger partial charge in [0.2, 0.25) is 0 Å². The van der Waals surface area contributed by atoms with Crippen LogP contribution in [0, 0.1) is 0 Å². The zero-order valence-corrected chi connectivity index (χ0v) is 14.4. The molecule has 0 aliphatic carbocycles. The van der Waals surface area contributed by atoms with Crippen molar-refractivity contribution in [2.75, 3.05) is 27.2 Å². The zero-order chi connectivity index (χ0) is 14.0. The molecule has 2 N–H and O–H groups in total. The average Bonchev–Trinajstić information content (AvgIpc) is 2.89. The molecule has 1 aliphatic heterocycles. The molecule has 3 nitrogen and oxygen atoms in total. The van der Waals surface area contributed by atoms with Gasteiger partial charge in [-0.2, -0.15) is 0 Å². The predicted molar refractivity (Wildman–Crippen MR) is 86.7 cm³/mol. The fourth-order valence-corrected chi connectivity index (χ4v) is 4.71. The summed E-state index contributed by atoms with van der Waals surface area (Å²) >= 11 is 5.38. The van der Waals surface area contributed by atoms with Crippen molar-refractivity contribution < 1.29 is 0 Å². The van der Waals surface area contributed by atoms with E-state index < -0.39 is 0 Å². The van der Waals surface area contributed by atoms with Crippen LogP contribution >= 0.6 is 27.3 Å². The number of likely N-dealkylation sites (N-methyl/N-ethyl adjacent to an activating group) is 1. The first-order chi connectivity index (χ1) is 8.99. The minimum absolute atomic E-state index is 0.160. The maximum Gasteiger partial charge on any atom is 0.0702 e. The molecule has 3 unspecified atom stereocenters. The Morgan fingerprint density at radius 3 is 2.79 bits per heavy atom. The Hall–Kier alpha value is 0.0600. The van der Waals surface area contributed by atoms with Crippen molar-refractivity contribution in [1.82, 2.24) is 9.80 Å². The summed E-state index contributed by atoms with van der Waals surface area (Å²) in [5.74, 6) is 0. The lowest BCUT2D eigenvalue weighted by Crippen LogP contribution is -2.45. The van der Waals surface area contributed by atoms with Crippen molar-refractivity contribution in [3.8, 4) is 0 Å². The third kappa shape index (κ3) is 3.79. The average molecular weight is 346 g/mol. The van der Waals surface area contributed by atoms with Gasteiger partial charge in [0.1, 0.15) is 0 Å². The molecule has 1 aromatic heterocycles. The lowest BCUT2D eigenvalue weighted by molar-refractivity contribution is 0.139. The molecule has 0 saturated carbocycles. The van der Waals surface area contributed by atoms with E-state index in [2.05, 4.69) is 58.9 Å². The molecule has 1 aromatic rings. The first-order valence-corrected chi connectivity index (χ1v) is 8.51. The van der Waals surface area contributed by atoms with Gasteiger partial charge < -0.3 is 10.6 Å². The number of nitrogens with zero attached hydrogens (tertiary/aromatic N) is 2. The molecule has 1 fully saturated rings. The van der Waals surface area contributed by atoms with Gasteiger partial charge in [0.15, 0.2) is 0 Å². The molecular weight excluding hydrogens is 322 g/mol. The summed E-state index contributed by atoms with van der Waals surface area (Å²) in [6, 6.07) is 5.49. The predicted octanol–water partition coefficient (Wildman–Crippen LogP) is 2.92. The molecule has 1 aliphatic rings. The Labute approximate surface area is 128 Å². The SMILES string of the molecule is CC(N)C(c1ccc(Br)s1)N1CCCC1CN(C)C. The summed E-state index contributed by atoms with van der Waals surface area (Å²) in [5.41, 5.74) is 6.29. The Morgan fingerprint density at radius 2 is 2.26 bits per heavy atom. The third-order valence-corrected chi connectivity index (χ3v) is 5.43. The van der Waals surface area contributed by atoms with Crippen LogP contribution < -0.4 is 5.73 Å². The maximum atomic E-state index is 6.29. The topological polar surface area (TPSA) is 32.5 Å². The van der Waals surface area contributed by atoms with Crippen LogP contribution in [0.25, 0.3) is 0 Å². The molecule has 0 bridgehead atoms. The Morgan fingerprint density at radius 1 is 1.53 bits per heavy atom. The molecule has 19 heavy (non-hydrogen) atoms. The van der Waals surface area contributed by atoms with Crippen LogP contribution in [-0.2, 0) is 0 Å². The van der Waals surface area contributed by atoms with Crippen LogP contribution in [0.5, 0.6) is 0 Å². The van der Waals surface area contributed by atoms with Gasteiger partial charge >= 0.3 is 0 Å². The second-order valence-electron chi connectivity index (χ2n) is 5.74. The molecule has 1 saturated heterocycles. The van der Waals surface area contributed by atoms with Crippen LogP contribution in [0.15, 0.2) is 15.9 Å². The lowest BCUT2D eigenvalue weighted by Gasteiger charge is -2.36. The quantitative estimate of drug-likeness (QED) is 0.890. The number of rotatable bonds is 5. The van der Waals surface area contributed by atoms with E-state index in [0.717, 1.165) is 6.54 Å². The molecule has 0 spiro atoms. The minimum atomic E-state index is 0.160. The molecule has 0 radical (unpaired) electrons. The van der Waals surface area contributed by atoms with E-state index in [4.69, 9.17) is 5.73 Å². The van der Waals surface area contributed by atoms with Crippen molar-refractivity contribution in [1.29, 1.82) is 0 Å². The first-order valence-electron chi connectivity index (χ1n) is 6.90. The van der Waals surface area contributed by atoms with E-state index in [1.165, 1.54) is 28.0 Å². The van der Waals surface area contributed by atoms with E-state index >= 15 is 0 Å². The van der Waals surface area contributed by atoms with Crippen LogP contribution in [0.2, 0.25) is 0 Å². The van der Waals surface area contributed by atoms with Crippen molar-refractivity contribution >= 4 is 27.3 Å². The van der Waals surface area contributed by atoms with E-state index in [9.17, 15) is 0 Å². The molecule has 3 atom stereocenters. The van der Waals surface area contributed by atoms with Gasteiger partial charge in [-0.1, -0.05) is 0 Å². The highest BCUT2D eigenvalue weighted by Crippen LogP contribution is 2.36. The number of halogens is 1. The van der Waals surface area contributed by atoms with Crippen LogP contribution in [0.4, 0.5) is 0 Å². The highest BCUT2D eigenvalue weighted by Gasteiger charge is 2.34. The number of hydrogen-bond donors (Lipinski definition) is 1. The third-order valence-electron chi connectivity index (χ3n) is 3.74. The first kappa shape index (κ1) is 15.4. The second kappa shape index (κ2) is 6.68. The summed E-state index contributed by atoms with van der Waals surface area (Å²) in [7, 11) is 4.30. The number of likely N-dealkylation sites (tertiary alicyclic amines) is 1. The minimum Gasteiger partial charge on any atom is -0.326 e. The maximum absolute atomic E-state index is 6.29. The molecule has 2 heterocycles. The highest BCUT2D eigenvalue weighted by atomic mass is 79.9. The zero-order valence-electron chi connectivity index (χ0n) is 12.0. The summed E-state index contributed by atoms with van der Waals surface area (Å²) in [4.78, 5) is 6.28. The molecule has 5 heteroatoms. The van der Waals surface area contributed by atoms with Gasteiger partial charge in [0.05, 0.1) is 9.83 Å². The van der Waals surface area contributed by atoms with E-state index in [-0.39, 0.29) is 6.04 Å². The number of nitrogens with two attached hydrogens (primary N) is 1. The normalized spacial score (nSPS) is 24.0. The van der Waals surface area contributed by atoms with E-state index in [0.29, 0.717) is 12.1 Å². The summed E-state index contributed by atoms with van der Waals surface area (Å²) in [5, 5.41) is 0. The van der Waals surface area contributed by atoms with Gasteiger partial charge in [0, 0.05) is 23.5 Å². The van der Waals surface area contributed by atoms with Crippen LogP contribution in [-0.4, -0.2) is 49.1 Å². The van der Waals surface area contributed by atoms with Crippen LogP contribution in [0.3, 0.4) is 0 Å². The van der Waals surface area contributed by atoms with Gasteiger partial charge in [0.25, 0.3) is 0 Å².